The molecule has 0 radical (unpaired) electrons. The monoisotopic (exact) mass is 190 g/mol. The molecule has 14 heavy (non-hydrogen) atoms. The van der Waals surface area contributed by atoms with Crippen molar-refractivity contribution in [2.75, 3.05) is 0 Å². The van der Waals surface area contributed by atoms with E-state index < -0.39 is 23.1 Å². The van der Waals surface area contributed by atoms with E-state index in [-0.39, 0.29) is 12.8 Å². The standard InChI is InChI=1S/C10H6O4/c11-7-1-5-2-9(13)10(14)4-6(5)3-8(7)12/h1,4H,2-3H2. The largest absolute Gasteiger partial charge is 0.290 e. The summed E-state index contributed by atoms with van der Waals surface area (Å²) in [4.78, 5) is 44.0. The number of carbonyl (C=O) groups is 4. The first-order chi connectivity index (χ1) is 6.58. The Morgan fingerprint density at radius 1 is 0.714 bits per heavy atom. The molecule has 0 spiro atoms. The van der Waals surface area contributed by atoms with Crippen LogP contribution in [0.4, 0.5) is 0 Å². The molecule has 0 unspecified atom stereocenters. The summed E-state index contributed by atoms with van der Waals surface area (Å²) >= 11 is 0. The van der Waals surface area contributed by atoms with Crippen molar-refractivity contribution in [2.45, 2.75) is 12.8 Å². The van der Waals surface area contributed by atoms with E-state index in [2.05, 4.69) is 0 Å². The van der Waals surface area contributed by atoms with Crippen molar-refractivity contribution in [2.24, 2.45) is 0 Å². The molecule has 0 aromatic carbocycles. The second-order valence-electron chi connectivity index (χ2n) is 3.27. The summed E-state index contributed by atoms with van der Waals surface area (Å²) < 4.78 is 0. The number of Topliss-reactive ketones (excluding diaryl/α,β-unsaturated/α-hetero) is 2. The molecule has 2 aliphatic rings. The predicted octanol–water partition coefficient (Wildman–Crippen LogP) is -0.0770. The van der Waals surface area contributed by atoms with Gasteiger partial charge in [0.1, 0.15) is 0 Å². The topological polar surface area (TPSA) is 68.3 Å². The molecule has 4 heteroatoms. The maximum atomic E-state index is 11.0. The summed E-state index contributed by atoms with van der Waals surface area (Å²) in [6.45, 7) is 0. The van der Waals surface area contributed by atoms with Crippen LogP contribution in [0.2, 0.25) is 0 Å². The molecule has 0 aromatic heterocycles. The average molecular weight is 190 g/mol. The summed E-state index contributed by atoms with van der Waals surface area (Å²) in [5.74, 6) is -2.22. The van der Waals surface area contributed by atoms with Gasteiger partial charge in [-0.25, -0.2) is 0 Å². The minimum Gasteiger partial charge on any atom is -0.290 e. The number of hydrogen-bond donors (Lipinski definition) is 0. The summed E-state index contributed by atoms with van der Waals surface area (Å²) in [6, 6.07) is 0. The van der Waals surface area contributed by atoms with Gasteiger partial charge in [-0.1, -0.05) is 0 Å². The lowest BCUT2D eigenvalue weighted by atomic mass is 9.84. The Bertz CT molecular complexity index is 395. The Hall–Kier alpha value is -1.84. The third kappa shape index (κ3) is 1.25. The molecule has 70 valence electrons. The van der Waals surface area contributed by atoms with E-state index in [1.54, 1.807) is 0 Å². The summed E-state index contributed by atoms with van der Waals surface area (Å²) in [5.41, 5.74) is 1.03. The molecule has 0 aromatic rings. The average Bonchev–Trinajstić information content (AvgIpc) is 2.11. The molecular formula is C10H6O4. The Labute approximate surface area is 79.3 Å². The van der Waals surface area contributed by atoms with Gasteiger partial charge < -0.3 is 0 Å². The molecule has 0 saturated carbocycles. The highest BCUT2D eigenvalue weighted by molar-refractivity contribution is 6.47. The second-order valence-corrected chi connectivity index (χ2v) is 3.27. The Morgan fingerprint density at radius 2 is 1.07 bits per heavy atom. The first kappa shape index (κ1) is 8.74. The van der Waals surface area contributed by atoms with Crippen molar-refractivity contribution in [3.63, 3.8) is 0 Å². The molecule has 0 fully saturated rings. The number of ketones is 4. The highest BCUT2D eigenvalue weighted by atomic mass is 16.2. The van der Waals surface area contributed by atoms with E-state index in [9.17, 15) is 19.2 Å². The van der Waals surface area contributed by atoms with Crippen LogP contribution in [0.1, 0.15) is 12.8 Å². The highest BCUT2D eigenvalue weighted by Crippen LogP contribution is 2.26. The molecule has 0 aliphatic heterocycles. The minimum absolute atomic E-state index is 0.0519. The zero-order chi connectivity index (χ0) is 10.3. The minimum atomic E-state index is -0.584. The first-order valence-electron chi connectivity index (χ1n) is 4.14. The van der Waals surface area contributed by atoms with E-state index in [4.69, 9.17) is 0 Å². The van der Waals surface area contributed by atoms with E-state index in [1.165, 1.54) is 0 Å². The van der Waals surface area contributed by atoms with Gasteiger partial charge in [0.25, 0.3) is 0 Å². The molecule has 4 nitrogen and oxygen atoms in total. The zero-order valence-corrected chi connectivity index (χ0v) is 7.20. The highest BCUT2D eigenvalue weighted by Gasteiger charge is 2.29. The van der Waals surface area contributed by atoms with Crippen LogP contribution in [-0.2, 0) is 19.2 Å². The lowest BCUT2D eigenvalue weighted by molar-refractivity contribution is -0.134. The molecule has 0 heterocycles. The van der Waals surface area contributed by atoms with Crippen LogP contribution in [0.15, 0.2) is 23.3 Å². The van der Waals surface area contributed by atoms with Gasteiger partial charge in [0.05, 0.1) is 0 Å². The van der Waals surface area contributed by atoms with Crippen molar-refractivity contribution in [3.05, 3.63) is 23.3 Å². The molecule has 2 aliphatic carbocycles. The fourth-order valence-corrected chi connectivity index (χ4v) is 1.51. The number of carbonyl (C=O) groups excluding carboxylic acids is 4. The van der Waals surface area contributed by atoms with Gasteiger partial charge in [-0.3, -0.25) is 19.2 Å². The van der Waals surface area contributed by atoms with Gasteiger partial charge in [0, 0.05) is 12.8 Å². The predicted molar refractivity (Wildman–Crippen MR) is 45.4 cm³/mol. The molecule has 0 saturated heterocycles. The van der Waals surface area contributed by atoms with Crippen LogP contribution in [0.25, 0.3) is 0 Å². The van der Waals surface area contributed by atoms with Crippen LogP contribution in [-0.4, -0.2) is 23.1 Å². The Balaban J connectivity index is 2.48. The van der Waals surface area contributed by atoms with Crippen molar-refractivity contribution in [1.29, 1.82) is 0 Å². The van der Waals surface area contributed by atoms with Gasteiger partial charge >= 0.3 is 0 Å². The number of allylic oxidation sites excluding steroid dienone is 4. The zero-order valence-electron chi connectivity index (χ0n) is 7.20. The fourth-order valence-electron chi connectivity index (χ4n) is 1.51. The van der Waals surface area contributed by atoms with E-state index in [0.717, 1.165) is 12.2 Å². The maximum Gasteiger partial charge on any atom is 0.222 e. The SMILES string of the molecule is O=C1C=C2CC(=O)C(=O)C=C2CC1=O. The van der Waals surface area contributed by atoms with Gasteiger partial charge in [-0.2, -0.15) is 0 Å². The van der Waals surface area contributed by atoms with E-state index in [1.807, 2.05) is 0 Å². The van der Waals surface area contributed by atoms with Crippen molar-refractivity contribution in [1.82, 2.24) is 0 Å². The summed E-state index contributed by atoms with van der Waals surface area (Å²) in [6.07, 6.45) is 2.21. The van der Waals surface area contributed by atoms with Crippen LogP contribution in [0.5, 0.6) is 0 Å². The Kier molecular flexibility index (Phi) is 1.77. The molecular weight excluding hydrogens is 184 g/mol. The van der Waals surface area contributed by atoms with Gasteiger partial charge in [0.15, 0.2) is 0 Å². The number of fused-ring (bicyclic) bond motifs is 1. The van der Waals surface area contributed by atoms with E-state index in [0.29, 0.717) is 11.1 Å². The van der Waals surface area contributed by atoms with Crippen LogP contribution in [0.3, 0.4) is 0 Å². The number of rotatable bonds is 0. The second kappa shape index (κ2) is 2.83. The first-order valence-corrected chi connectivity index (χ1v) is 4.14. The summed E-state index contributed by atoms with van der Waals surface area (Å²) in [7, 11) is 0. The van der Waals surface area contributed by atoms with Gasteiger partial charge in [-0.05, 0) is 23.3 Å². The molecule has 2 rings (SSSR count). The number of hydrogen-bond acceptors (Lipinski definition) is 4. The lowest BCUT2D eigenvalue weighted by Crippen LogP contribution is -2.25. The molecule has 0 N–H and O–H groups in total. The fraction of sp³-hybridized carbons (Fsp3) is 0.200. The van der Waals surface area contributed by atoms with Gasteiger partial charge in [-0.15, -0.1) is 0 Å². The van der Waals surface area contributed by atoms with Crippen molar-refractivity contribution < 1.29 is 19.2 Å². The molecule has 0 amide bonds. The third-order valence-electron chi connectivity index (χ3n) is 2.27. The van der Waals surface area contributed by atoms with Crippen LogP contribution in [0, 0.1) is 0 Å². The van der Waals surface area contributed by atoms with Crippen LogP contribution < -0.4 is 0 Å². The van der Waals surface area contributed by atoms with Crippen molar-refractivity contribution in [3.8, 4) is 0 Å². The van der Waals surface area contributed by atoms with Crippen molar-refractivity contribution >= 4 is 23.1 Å². The van der Waals surface area contributed by atoms with Crippen LogP contribution >= 0.6 is 0 Å². The maximum absolute atomic E-state index is 11.0. The van der Waals surface area contributed by atoms with E-state index >= 15 is 0 Å². The normalized spacial score (nSPS) is 21.7. The molecule has 0 bridgehead atoms. The third-order valence-corrected chi connectivity index (χ3v) is 2.27. The molecule has 0 atom stereocenters. The smallest absolute Gasteiger partial charge is 0.222 e. The lowest BCUT2D eigenvalue weighted by Gasteiger charge is -2.17. The van der Waals surface area contributed by atoms with Gasteiger partial charge in [0.2, 0.25) is 23.1 Å². The quantitative estimate of drug-likeness (QED) is 0.501. The Morgan fingerprint density at radius 3 is 1.43 bits per heavy atom. The summed E-state index contributed by atoms with van der Waals surface area (Å²) in [5, 5.41) is 0.